The van der Waals surface area contributed by atoms with Gasteiger partial charge in [-0.1, -0.05) is 0 Å². The lowest BCUT2D eigenvalue weighted by atomic mass is 10.2. The van der Waals surface area contributed by atoms with Gasteiger partial charge in [0.25, 0.3) is 5.91 Å². The van der Waals surface area contributed by atoms with Gasteiger partial charge in [0.15, 0.2) is 11.6 Å². The number of hydrogen-bond donors (Lipinski definition) is 1. The Bertz CT molecular complexity index is 686. The van der Waals surface area contributed by atoms with E-state index in [9.17, 15) is 13.6 Å². The summed E-state index contributed by atoms with van der Waals surface area (Å²) in [6.45, 7) is 0.222. The highest BCUT2D eigenvalue weighted by molar-refractivity contribution is 5.94. The van der Waals surface area contributed by atoms with Gasteiger partial charge in [0.2, 0.25) is 0 Å². The van der Waals surface area contributed by atoms with E-state index in [2.05, 4.69) is 15.3 Å². The van der Waals surface area contributed by atoms with Gasteiger partial charge in [0, 0.05) is 17.2 Å². The van der Waals surface area contributed by atoms with Crippen LogP contribution in [0.5, 0.6) is 0 Å². The largest absolute Gasteiger partial charge is 0.346 e. The first-order valence-electron chi connectivity index (χ1n) is 6.67. The normalized spacial score (nSPS) is 14.0. The first-order valence-corrected chi connectivity index (χ1v) is 6.67. The fourth-order valence-electron chi connectivity index (χ4n) is 2.02. The van der Waals surface area contributed by atoms with E-state index >= 15 is 0 Å². The molecule has 0 spiro atoms. The number of benzene rings is 1. The van der Waals surface area contributed by atoms with Crippen LogP contribution in [0.3, 0.4) is 0 Å². The van der Waals surface area contributed by atoms with Crippen molar-refractivity contribution in [1.82, 2.24) is 15.3 Å². The van der Waals surface area contributed by atoms with Gasteiger partial charge >= 0.3 is 0 Å². The average molecular weight is 289 g/mol. The average Bonchev–Trinajstić information content (AvgIpc) is 3.32. The number of halogens is 2. The minimum Gasteiger partial charge on any atom is -0.346 e. The maximum Gasteiger partial charge on any atom is 0.251 e. The number of aromatic nitrogens is 2. The number of nitrogens with one attached hydrogen (secondary N) is 1. The maximum atomic E-state index is 13.1. The van der Waals surface area contributed by atoms with Crippen LogP contribution in [0.1, 0.15) is 40.5 Å². The highest BCUT2D eigenvalue weighted by Crippen LogP contribution is 2.38. The molecule has 4 nitrogen and oxygen atoms in total. The van der Waals surface area contributed by atoms with E-state index in [1.54, 1.807) is 0 Å². The minimum atomic E-state index is -1.04. The minimum absolute atomic E-state index is 0.0744. The second-order valence-corrected chi connectivity index (χ2v) is 5.02. The van der Waals surface area contributed by atoms with Crippen LogP contribution in [-0.4, -0.2) is 15.9 Å². The van der Waals surface area contributed by atoms with Crippen LogP contribution in [0.25, 0.3) is 0 Å². The van der Waals surface area contributed by atoms with E-state index in [0.29, 0.717) is 11.6 Å². The molecule has 1 aliphatic carbocycles. The highest BCUT2D eigenvalue weighted by atomic mass is 19.2. The molecule has 6 heteroatoms. The molecule has 0 radical (unpaired) electrons. The summed E-state index contributed by atoms with van der Waals surface area (Å²) in [5, 5.41) is 2.63. The van der Waals surface area contributed by atoms with Gasteiger partial charge < -0.3 is 5.32 Å². The number of rotatable bonds is 4. The zero-order valence-electron chi connectivity index (χ0n) is 11.1. The van der Waals surface area contributed by atoms with Crippen LogP contribution in [0.2, 0.25) is 0 Å². The number of carbonyl (C=O) groups is 1. The SMILES string of the molecule is O=C(NCc1cc(C2CC2)ncn1)c1ccc(F)c(F)c1. The fourth-order valence-corrected chi connectivity index (χ4v) is 2.02. The smallest absolute Gasteiger partial charge is 0.251 e. The number of nitrogens with zero attached hydrogens (tertiary/aromatic N) is 2. The molecule has 0 saturated heterocycles. The van der Waals surface area contributed by atoms with E-state index in [4.69, 9.17) is 0 Å². The second kappa shape index (κ2) is 5.55. The second-order valence-electron chi connectivity index (χ2n) is 5.02. The molecule has 108 valence electrons. The number of carbonyl (C=O) groups excluding carboxylic acids is 1. The summed E-state index contributed by atoms with van der Waals surface area (Å²) in [4.78, 5) is 20.1. The molecule has 1 N–H and O–H groups in total. The third kappa shape index (κ3) is 3.21. The van der Waals surface area contributed by atoms with Crippen molar-refractivity contribution >= 4 is 5.91 Å². The van der Waals surface area contributed by atoms with Gasteiger partial charge in [0.05, 0.1) is 12.2 Å². The van der Waals surface area contributed by atoms with E-state index in [1.807, 2.05) is 6.07 Å². The highest BCUT2D eigenvalue weighted by Gasteiger charge is 2.25. The Morgan fingerprint density at radius 3 is 2.71 bits per heavy atom. The molecule has 21 heavy (non-hydrogen) atoms. The molecule has 1 fully saturated rings. The van der Waals surface area contributed by atoms with E-state index in [1.165, 1.54) is 12.4 Å². The Morgan fingerprint density at radius 2 is 2.00 bits per heavy atom. The lowest BCUT2D eigenvalue weighted by Crippen LogP contribution is -2.23. The van der Waals surface area contributed by atoms with Gasteiger partial charge in [-0.05, 0) is 37.1 Å². The Hall–Kier alpha value is -2.37. The quantitative estimate of drug-likeness (QED) is 0.941. The molecule has 0 atom stereocenters. The first-order chi connectivity index (χ1) is 10.1. The molecule has 1 aromatic heterocycles. The molecule has 3 rings (SSSR count). The molecule has 1 aliphatic rings. The van der Waals surface area contributed by atoms with Gasteiger partial charge in [-0.3, -0.25) is 4.79 Å². The van der Waals surface area contributed by atoms with Crippen LogP contribution in [-0.2, 0) is 6.54 Å². The van der Waals surface area contributed by atoms with Gasteiger partial charge in [0.1, 0.15) is 6.33 Å². The molecular weight excluding hydrogens is 276 g/mol. The zero-order chi connectivity index (χ0) is 14.8. The standard InChI is InChI=1S/C15H13F2N3O/c16-12-4-3-10(5-13(12)17)15(21)18-7-11-6-14(9-1-2-9)20-8-19-11/h3-6,8-9H,1-2,7H2,(H,18,21). The van der Waals surface area contributed by atoms with Crippen molar-refractivity contribution in [1.29, 1.82) is 0 Å². The molecule has 1 amide bonds. The molecule has 1 heterocycles. The van der Waals surface area contributed by atoms with Crippen molar-refractivity contribution in [2.45, 2.75) is 25.3 Å². The lowest BCUT2D eigenvalue weighted by Gasteiger charge is -2.06. The van der Waals surface area contributed by atoms with Crippen molar-refractivity contribution in [3.05, 3.63) is 59.2 Å². The summed E-state index contributed by atoms with van der Waals surface area (Å²) in [5.74, 6) is -1.98. The van der Waals surface area contributed by atoms with Crippen LogP contribution in [0.15, 0.2) is 30.6 Å². The first kappa shape index (κ1) is 13.6. The summed E-state index contributed by atoms with van der Waals surface area (Å²) in [6, 6.07) is 4.91. The predicted octanol–water partition coefficient (Wildman–Crippen LogP) is 2.56. The summed E-state index contributed by atoms with van der Waals surface area (Å²) in [7, 11) is 0. The number of hydrogen-bond acceptors (Lipinski definition) is 3. The molecule has 0 unspecified atom stereocenters. The maximum absolute atomic E-state index is 13.1. The van der Waals surface area contributed by atoms with Crippen molar-refractivity contribution in [3.63, 3.8) is 0 Å². The van der Waals surface area contributed by atoms with Crippen LogP contribution in [0.4, 0.5) is 8.78 Å². The van der Waals surface area contributed by atoms with E-state index in [-0.39, 0.29) is 12.1 Å². The Balaban J connectivity index is 1.65. The van der Waals surface area contributed by atoms with E-state index < -0.39 is 17.5 Å². The van der Waals surface area contributed by atoms with Crippen LogP contribution < -0.4 is 5.32 Å². The van der Waals surface area contributed by atoms with Crippen molar-refractivity contribution in [2.75, 3.05) is 0 Å². The topological polar surface area (TPSA) is 54.9 Å². The Labute approximate surface area is 120 Å². The van der Waals surface area contributed by atoms with Crippen LogP contribution in [0, 0.1) is 11.6 Å². The molecular formula is C15H13F2N3O. The fraction of sp³-hybridized carbons (Fsp3) is 0.267. The zero-order valence-corrected chi connectivity index (χ0v) is 11.1. The van der Waals surface area contributed by atoms with Gasteiger partial charge in [-0.25, -0.2) is 18.7 Å². The lowest BCUT2D eigenvalue weighted by molar-refractivity contribution is 0.0950. The molecule has 1 aromatic carbocycles. The third-order valence-corrected chi connectivity index (χ3v) is 3.35. The summed E-state index contributed by atoms with van der Waals surface area (Å²) >= 11 is 0. The Kier molecular flexibility index (Phi) is 3.60. The van der Waals surface area contributed by atoms with Crippen LogP contribution >= 0.6 is 0 Å². The summed E-state index contributed by atoms with van der Waals surface area (Å²) in [5.41, 5.74) is 1.76. The predicted molar refractivity (Wildman–Crippen MR) is 71.5 cm³/mol. The van der Waals surface area contributed by atoms with Crippen molar-refractivity contribution in [2.24, 2.45) is 0 Å². The monoisotopic (exact) mass is 289 g/mol. The molecule has 1 saturated carbocycles. The van der Waals surface area contributed by atoms with Crippen molar-refractivity contribution < 1.29 is 13.6 Å². The summed E-state index contributed by atoms with van der Waals surface area (Å²) in [6.07, 6.45) is 3.75. The molecule has 0 bridgehead atoms. The molecule has 2 aromatic rings. The summed E-state index contributed by atoms with van der Waals surface area (Å²) < 4.78 is 25.9. The van der Waals surface area contributed by atoms with E-state index in [0.717, 1.165) is 30.7 Å². The molecule has 0 aliphatic heterocycles. The van der Waals surface area contributed by atoms with Gasteiger partial charge in [-0.2, -0.15) is 0 Å². The van der Waals surface area contributed by atoms with Gasteiger partial charge in [-0.15, -0.1) is 0 Å². The third-order valence-electron chi connectivity index (χ3n) is 3.35. The van der Waals surface area contributed by atoms with Crippen molar-refractivity contribution in [3.8, 4) is 0 Å². The Morgan fingerprint density at radius 1 is 1.19 bits per heavy atom. The number of amides is 1.